The van der Waals surface area contributed by atoms with E-state index in [1.807, 2.05) is 0 Å². The topological polar surface area (TPSA) is 0 Å². The van der Waals surface area contributed by atoms with E-state index in [2.05, 4.69) is 31.2 Å². The van der Waals surface area contributed by atoms with Gasteiger partial charge in [0, 0.05) is 5.92 Å². The molecule has 0 aromatic heterocycles. The van der Waals surface area contributed by atoms with Crippen LogP contribution >= 0.6 is 0 Å². The van der Waals surface area contributed by atoms with Crippen molar-refractivity contribution in [3.63, 3.8) is 0 Å². The first-order valence-electron chi connectivity index (χ1n) is 2.78. The normalized spacial score (nSPS) is 30.9. The summed E-state index contributed by atoms with van der Waals surface area (Å²) in [4.78, 5) is 0. The molecule has 0 spiro atoms. The maximum atomic E-state index is 3.19. The second kappa shape index (κ2) is 1.13. The van der Waals surface area contributed by atoms with E-state index in [0.717, 1.165) is 0 Å². The van der Waals surface area contributed by atoms with Gasteiger partial charge < -0.3 is 0 Å². The fourth-order valence-corrected chi connectivity index (χ4v) is 0.879. The molecule has 0 aliphatic heterocycles. The Morgan fingerprint density at radius 1 is 1.62 bits per heavy atom. The van der Waals surface area contributed by atoms with Crippen molar-refractivity contribution in [2.45, 2.75) is 6.92 Å². The molecule has 8 heavy (non-hydrogen) atoms. The molecule has 0 N–H and O–H groups in total. The van der Waals surface area contributed by atoms with Crippen molar-refractivity contribution in [3.05, 3.63) is 35.5 Å². The second-order valence-electron chi connectivity index (χ2n) is 2.20. The van der Waals surface area contributed by atoms with Crippen molar-refractivity contribution < 1.29 is 0 Å². The van der Waals surface area contributed by atoms with Crippen molar-refractivity contribution in [2.75, 3.05) is 0 Å². The molecule has 0 amide bonds. The number of allylic oxidation sites excluding steroid dienone is 6. The minimum Gasteiger partial charge on any atom is -0.0723 e. The van der Waals surface area contributed by atoms with Crippen molar-refractivity contribution >= 4 is 0 Å². The highest BCUT2D eigenvalue weighted by atomic mass is 14.2. The molecule has 0 heterocycles. The van der Waals surface area contributed by atoms with Crippen LogP contribution in [0.3, 0.4) is 0 Å². The van der Waals surface area contributed by atoms with Crippen LogP contribution in [-0.2, 0) is 0 Å². The molecule has 2 radical (unpaired) electrons. The molecule has 0 aromatic carbocycles. The molecule has 0 saturated heterocycles. The van der Waals surface area contributed by atoms with Gasteiger partial charge in [0.05, 0.1) is 0 Å². The van der Waals surface area contributed by atoms with E-state index < -0.39 is 0 Å². The largest absolute Gasteiger partial charge is 0.0723 e. The molecule has 0 bridgehead atoms. The third kappa shape index (κ3) is 0.460. The van der Waals surface area contributed by atoms with Gasteiger partial charge in [0.25, 0.3) is 0 Å². The Balaban J connectivity index is 2.37. The van der Waals surface area contributed by atoms with E-state index in [4.69, 9.17) is 0 Å². The summed E-state index contributed by atoms with van der Waals surface area (Å²) in [6, 6.07) is 0. The SMILES string of the molecule is CC1=[C]C2=[C]C2C=C1. The molecular weight excluding hydrogens is 96.1 g/mol. The van der Waals surface area contributed by atoms with Crippen molar-refractivity contribution in [1.82, 2.24) is 0 Å². The minimum absolute atomic E-state index is 0.540. The van der Waals surface area contributed by atoms with Crippen molar-refractivity contribution in [2.24, 2.45) is 5.92 Å². The highest BCUT2D eigenvalue weighted by molar-refractivity contribution is 5.43. The van der Waals surface area contributed by atoms with Crippen LogP contribution in [0, 0.1) is 18.1 Å². The summed E-state index contributed by atoms with van der Waals surface area (Å²) in [5.41, 5.74) is 2.48. The predicted molar refractivity (Wildman–Crippen MR) is 31.8 cm³/mol. The van der Waals surface area contributed by atoms with E-state index in [9.17, 15) is 0 Å². The summed E-state index contributed by atoms with van der Waals surface area (Å²) < 4.78 is 0. The summed E-state index contributed by atoms with van der Waals surface area (Å²) in [5.74, 6) is 0.540. The number of fused-ring (bicyclic) bond motifs is 1. The Labute approximate surface area is 49.2 Å². The molecular formula is C8H6. The van der Waals surface area contributed by atoms with Crippen molar-refractivity contribution in [1.29, 1.82) is 0 Å². The third-order valence-electron chi connectivity index (χ3n) is 1.41. The maximum absolute atomic E-state index is 3.19. The lowest BCUT2D eigenvalue weighted by molar-refractivity contribution is 1.14. The number of rotatable bonds is 0. The number of hydrogen-bond acceptors (Lipinski definition) is 0. The van der Waals surface area contributed by atoms with E-state index in [-0.39, 0.29) is 0 Å². The average molecular weight is 102 g/mol. The lowest BCUT2D eigenvalue weighted by Crippen LogP contribution is -1.81. The zero-order valence-electron chi connectivity index (χ0n) is 4.73. The Kier molecular flexibility index (Phi) is 0.587. The van der Waals surface area contributed by atoms with Gasteiger partial charge in [-0.05, 0) is 30.2 Å². The first kappa shape index (κ1) is 4.13. The van der Waals surface area contributed by atoms with Crippen LogP contribution in [0.2, 0.25) is 0 Å². The van der Waals surface area contributed by atoms with Crippen molar-refractivity contribution in [3.8, 4) is 0 Å². The Morgan fingerprint density at radius 3 is 3.12 bits per heavy atom. The summed E-state index contributed by atoms with van der Waals surface area (Å²) in [5, 5.41) is 0. The van der Waals surface area contributed by atoms with Gasteiger partial charge in [-0.1, -0.05) is 12.2 Å². The van der Waals surface area contributed by atoms with E-state index in [0.29, 0.717) is 5.92 Å². The first-order chi connectivity index (χ1) is 3.86. The lowest BCUT2D eigenvalue weighted by atomic mass is 10.1. The molecule has 2 rings (SSSR count). The molecule has 1 atom stereocenters. The van der Waals surface area contributed by atoms with E-state index in [1.54, 1.807) is 0 Å². The van der Waals surface area contributed by atoms with Crippen LogP contribution in [0.25, 0.3) is 0 Å². The highest BCUT2D eigenvalue weighted by Crippen LogP contribution is 2.33. The average Bonchev–Trinajstić information content (AvgIpc) is 2.43. The third-order valence-corrected chi connectivity index (χ3v) is 1.41. The zero-order chi connectivity index (χ0) is 5.56. The summed E-state index contributed by atoms with van der Waals surface area (Å²) in [6.07, 6.45) is 10.6. The van der Waals surface area contributed by atoms with Gasteiger partial charge >= 0.3 is 0 Å². The van der Waals surface area contributed by atoms with Crippen LogP contribution in [0.15, 0.2) is 23.3 Å². The Bertz CT molecular complexity index is 204. The van der Waals surface area contributed by atoms with Crippen LogP contribution in [0.4, 0.5) is 0 Å². The van der Waals surface area contributed by atoms with Gasteiger partial charge in [-0.25, -0.2) is 0 Å². The van der Waals surface area contributed by atoms with Crippen LogP contribution in [-0.4, -0.2) is 0 Å². The molecule has 0 fully saturated rings. The monoisotopic (exact) mass is 102 g/mol. The van der Waals surface area contributed by atoms with Gasteiger partial charge in [-0.2, -0.15) is 0 Å². The predicted octanol–water partition coefficient (Wildman–Crippen LogP) is 1.67. The lowest BCUT2D eigenvalue weighted by Gasteiger charge is -1.95. The van der Waals surface area contributed by atoms with Gasteiger partial charge in [0.1, 0.15) is 0 Å². The smallest absolute Gasteiger partial charge is 0.0288 e. The maximum Gasteiger partial charge on any atom is 0.0288 e. The fourth-order valence-electron chi connectivity index (χ4n) is 0.879. The Morgan fingerprint density at radius 2 is 2.50 bits per heavy atom. The van der Waals surface area contributed by atoms with Gasteiger partial charge in [-0.3, -0.25) is 0 Å². The van der Waals surface area contributed by atoms with Crippen LogP contribution < -0.4 is 0 Å². The molecule has 1 unspecified atom stereocenters. The molecule has 38 valence electrons. The zero-order valence-corrected chi connectivity index (χ0v) is 4.73. The summed E-state index contributed by atoms with van der Waals surface area (Å²) >= 11 is 0. The summed E-state index contributed by atoms with van der Waals surface area (Å²) in [7, 11) is 0. The second-order valence-corrected chi connectivity index (χ2v) is 2.20. The summed E-state index contributed by atoms with van der Waals surface area (Å²) in [6.45, 7) is 2.06. The number of hydrogen-bond donors (Lipinski definition) is 0. The molecule has 0 heteroatoms. The van der Waals surface area contributed by atoms with Gasteiger partial charge in [0.15, 0.2) is 0 Å². The molecule has 2 aliphatic carbocycles. The van der Waals surface area contributed by atoms with Crippen LogP contribution in [0.5, 0.6) is 0 Å². The van der Waals surface area contributed by atoms with Crippen LogP contribution in [0.1, 0.15) is 6.92 Å². The quantitative estimate of drug-likeness (QED) is 0.436. The highest BCUT2D eigenvalue weighted by Gasteiger charge is 2.22. The van der Waals surface area contributed by atoms with Gasteiger partial charge in [-0.15, -0.1) is 0 Å². The van der Waals surface area contributed by atoms with E-state index in [1.165, 1.54) is 11.1 Å². The Hall–Kier alpha value is -0.780. The van der Waals surface area contributed by atoms with E-state index >= 15 is 0 Å². The molecule has 0 saturated carbocycles. The molecule has 0 nitrogen and oxygen atoms in total. The molecule has 2 aliphatic rings. The standard InChI is InChI=1S/C8H6/c1-6-2-3-7-5-8(7)4-6/h2-3,7H,1H3. The first-order valence-corrected chi connectivity index (χ1v) is 2.78. The molecule has 0 aromatic rings. The minimum atomic E-state index is 0.540. The van der Waals surface area contributed by atoms with Gasteiger partial charge in [0.2, 0.25) is 0 Å². The fraction of sp³-hybridized carbons (Fsp3) is 0.250.